The number of esters is 1. The van der Waals surface area contributed by atoms with Crippen molar-refractivity contribution < 1.29 is 23.9 Å². The highest BCUT2D eigenvalue weighted by Gasteiger charge is 2.25. The lowest BCUT2D eigenvalue weighted by molar-refractivity contribution is -0.115. The van der Waals surface area contributed by atoms with Crippen molar-refractivity contribution in [2.75, 3.05) is 32.2 Å². The van der Waals surface area contributed by atoms with Crippen molar-refractivity contribution in [2.45, 2.75) is 13.5 Å². The van der Waals surface area contributed by atoms with Gasteiger partial charge in [-0.05, 0) is 18.1 Å². The van der Waals surface area contributed by atoms with Gasteiger partial charge in [0.25, 0.3) is 5.91 Å². The maximum absolute atomic E-state index is 12.4. The molecule has 0 aliphatic heterocycles. The second-order valence-corrected chi connectivity index (χ2v) is 6.91. The molecule has 1 aromatic carbocycles. The predicted octanol–water partition coefficient (Wildman–Crippen LogP) is 1.69. The van der Waals surface area contributed by atoms with Crippen LogP contribution in [0.4, 0.5) is 5.00 Å². The van der Waals surface area contributed by atoms with Gasteiger partial charge in [0.05, 0.1) is 23.6 Å². The second-order valence-electron chi connectivity index (χ2n) is 5.89. The van der Waals surface area contributed by atoms with Crippen molar-refractivity contribution in [3.63, 3.8) is 0 Å². The van der Waals surface area contributed by atoms with Crippen LogP contribution in [0.1, 0.15) is 31.2 Å². The molecule has 0 spiro atoms. The number of nitrogens with one attached hydrogen (secondary N) is 2. The van der Waals surface area contributed by atoms with Gasteiger partial charge in [0.15, 0.2) is 0 Å². The molecule has 28 heavy (non-hydrogen) atoms. The molecule has 0 fully saturated rings. The van der Waals surface area contributed by atoms with Crippen LogP contribution in [0.25, 0.3) is 0 Å². The van der Waals surface area contributed by atoms with Gasteiger partial charge in [-0.25, -0.2) is 4.79 Å². The number of primary amides is 1. The highest BCUT2D eigenvalue weighted by molar-refractivity contribution is 7.18. The van der Waals surface area contributed by atoms with Crippen LogP contribution in [-0.4, -0.2) is 44.7 Å². The zero-order valence-corrected chi connectivity index (χ0v) is 16.6. The molecule has 2 aromatic rings. The standard InChI is InChI=1S/C19H23N3O5S/c1-12-15(19(25)27-9-8-26-2)18(28-16(12)17(20)24)22-14(23)11-21-10-13-6-4-3-5-7-13/h3-7,21H,8-11H2,1-2H3,(H2,20,24)(H,22,23). The van der Waals surface area contributed by atoms with Crippen LogP contribution >= 0.6 is 11.3 Å². The zero-order valence-electron chi connectivity index (χ0n) is 15.7. The number of methoxy groups -OCH3 is 1. The van der Waals surface area contributed by atoms with E-state index in [4.69, 9.17) is 15.2 Å². The molecule has 2 rings (SSSR count). The van der Waals surface area contributed by atoms with E-state index in [-0.39, 0.29) is 41.1 Å². The minimum absolute atomic E-state index is 0.0376. The van der Waals surface area contributed by atoms with E-state index in [0.29, 0.717) is 12.1 Å². The van der Waals surface area contributed by atoms with Crippen molar-refractivity contribution >= 4 is 34.1 Å². The fourth-order valence-corrected chi connectivity index (χ4v) is 3.52. The quantitative estimate of drug-likeness (QED) is 0.409. The fourth-order valence-electron chi connectivity index (χ4n) is 2.46. The number of benzene rings is 1. The Labute approximate surface area is 167 Å². The SMILES string of the molecule is COCCOC(=O)c1c(NC(=O)CNCc2ccccc2)sc(C(N)=O)c1C. The van der Waals surface area contributed by atoms with Crippen LogP contribution in [0.15, 0.2) is 30.3 Å². The first-order valence-electron chi connectivity index (χ1n) is 8.57. The summed E-state index contributed by atoms with van der Waals surface area (Å²) in [5.41, 5.74) is 6.92. The van der Waals surface area contributed by atoms with Crippen molar-refractivity contribution in [2.24, 2.45) is 5.73 Å². The summed E-state index contributed by atoms with van der Waals surface area (Å²) in [5.74, 6) is -1.67. The largest absolute Gasteiger partial charge is 0.460 e. The van der Waals surface area contributed by atoms with Crippen LogP contribution in [0.5, 0.6) is 0 Å². The Balaban J connectivity index is 2.05. The lowest BCUT2D eigenvalue weighted by atomic mass is 10.1. The van der Waals surface area contributed by atoms with Gasteiger partial charge >= 0.3 is 5.97 Å². The maximum atomic E-state index is 12.4. The van der Waals surface area contributed by atoms with Gasteiger partial charge in [-0.15, -0.1) is 11.3 Å². The molecule has 1 aromatic heterocycles. The Morgan fingerprint density at radius 3 is 2.50 bits per heavy atom. The Morgan fingerprint density at radius 1 is 1.14 bits per heavy atom. The highest BCUT2D eigenvalue weighted by Crippen LogP contribution is 2.33. The van der Waals surface area contributed by atoms with E-state index in [1.807, 2.05) is 30.3 Å². The van der Waals surface area contributed by atoms with Crippen LogP contribution in [0.2, 0.25) is 0 Å². The van der Waals surface area contributed by atoms with Gasteiger partial charge in [0, 0.05) is 13.7 Å². The first-order chi connectivity index (χ1) is 13.4. The first kappa shape index (κ1) is 21.5. The van der Waals surface area contributed by atoms with E-state index < -0.39 is 11.9 Å². The molecule has 2 amide bonds. The van der Waals surface area contributed by atoms with E-state index in [1.165, 1.54) is 7.11 Å². The number of amides is 2. The van der Waals surface area contributed by atoms with Gasteiger partial charge in [-0.2, -0.15) is 0 Å². The van der Waals surface area contributed by atoms with Crippen LogP contribution in [0, 0.1) is 6.92 Å². The maximum Gasteiger partial charge on any atom is 0.341 e. The number of rotatable bonds is 10. The molecule has 4 N–H and O–H groups in total. The van der Waals surface area contributed by atoms with Gasteiger partial charge in [-0.1, -0.05) is 30.3 Å². The third-order valence-corrected chi connectivity index (χ3v) is 5.03. The number of hydrogen-bond donors (Lipinski definition) is 3. The van der Waals surface area contributed by atoms with Crippen molar-refractivity contribution in [1.29, 1.82) is 0 Å². The molecule has 150 valence electrons. The molecular weight excluding hydrogens is 382 g/mol. The summed E-state index contributed by atoms with van der Waals surface area (Å²) in [6.07, 6.45) is 0. The smallest absolute Gasteiger partial charge is 0.341 e. The van der Waals surface area contributed by atoms with Gasteiger partial charge in [-0.3, -0.25) is 9.59 Å². The van der Waals surface area contributed by atoms with E-state index in [1.54, 1.807) is 6.92 Å². The monoisotopic (exact) mass is 405 g/mol. The van der Waals surface area contributed by atoms with E-state index in [9.17, 15) is 14.4 Å². The lowest BCUT2D eigenvalue weighted by Crippen LogP contribution is -2.28. The first-order valence-corrected chi connectivity index (χ1v) is 9.39. The topological polar surface area (TPSA) is 120 Å². The molecule has 8 nitrogen and oxygen atoms in total. The van der Waals surface area contributed by atoms with Gasteiger partial charge < -0.3 is 25.8 Å². The van der Waals surface area contributed by atoms with Gasteiger partial charge in [0.2, 0.25) is 5.91 Å². The van der Waals surface area contributed by atoms with Gasteiger partial charge in [0.1, 0.15) is 11.6 Å². The number of hydrogen-bond acceptors (Lipinski definition) is 7. The lowest BCUT2D eigenvalue weighted by Gasteiger charge is -2.09. The third-order valence-electron chi connectivity index (χ3n) is 3.81. The molecule has 0 bridgehead atoms. The Morgan fingerprint density at radius 2 is 1.86 bits per heavy atom. The normalized spacial score (nSPS) is 10.5. The summed E-state index contributed by atoms with van der Waals surface area (Å²) in [7, 11) is 1.49. The molecule has 0 atom stereocenters. The molecule has 0 saturated heterocycles. The summed E-state index contributed by atoms with van der Waals surface area (Å²) >= 11 is 0.954. The van der Waals surface area contributed by atoms with Crippen LogP contribution in [0.3, 0.4) is 0 Å². The minimum Gasteiger partial charge on any atom is -0.460 e. The van der Waals surface area contributed by atoms with Crippen LogP contribution < -0.4 is 16.4 Å². The number of thiophene rings is 1. The molecule has 1 heterocycles. The number of ether oxygens (including phenoxy) is 2. The average molecular weight is 405 g/mol. The number of nitrogens with two attached hydrogens (primary N) is 1. The molecule has 0 aliphatic rings. The summed E-state index contributed by atoms with van der Waals surface area (Å²) in [6.45, 7) is 2.45. The van der Waals surface area contributed by atoms with Crippen LogP contribution in [-0.2, 0) is 20.8 Å². The Hall–Kier alpha value is -2.75. The number of anilines is 1. The minimum atomic E-state index is -0.670. The second kappa shape index (κ2) is 10.5. The molecule has 0 unspecified atom stereocenters. The zero-order chi connectivity index (χ0) is 20.5. The number of carbonyl (C=O) groups is 3. The molecule has 0 aliphatic carbocycles. The molecule has 9 heteroatoms. The summed E-state index contributed by atoms with van der Waals surface area (Å²) in [6, 6.07) is 9.64. The molecule has 0 radical (unpaired) electrons. The van der Waals surface area contributed by atoms with Crippen molar-refractivity contribution in [3.8, 4) is 0 Å². The number of carbonyl (C=O) groups excluding carboxylic acids is 3. The van der Waals surface area contributed by atoms with E-state index in [0.717, 1.165) is 16.9 Å². The predicted molar refractivity (Wildman–Crippen MR) is 107 cm³/mol. The highest BCUT2D eigenvalue weighted by atomic mass is 32.1. The van der Waals surface area contributed by atoms with E-state index in [2.05, 4.69) is 10.6 Å². The Bertz CT molecular complexity index is 836. The average Bonchev–Trinajstić information content (AvgIpc) is 2.99. The molecule has 0 saturated carbocycles. The van der Waals surface area contributed by atoms with Crippen molar-refractivity contribution in [1.82, 2.24) is 5.32 Å². The Kier molecular flexibility index (Phi) is 8.12. The van der Waals surface area contributed by atoms with Crippen molar-refractivity contribution in [3.05, 3.63) is 51.9 Å². The summed E-state index contributed by atoms with van der Waals surface area (Å²) in [5, 5.41) is 5.92. The molecular formula is C19H23N3O5S. The third kappa shape index (κ3) is 5.88. The summed E-state index contributed by atoms with van der Waals surface area (Å²) in [4.78, 5) is 36.5. The summed E-state index contributed by atoms with van der Waals surface area (Å²) < 4.78 is 9.98. The fraction of sp³-hybridized carbons (Fsp3) is 0.316. The van der Waals surface area contributed by atoms with E-state index >= 15 is 0 Å².